The molecule has 0 unspecified atom stereocenters. The molecule has 74 valence electrons. The fourth-order valence-corrected chi connectivity index (χ4v) is 4.30. The van der Waals surface area contributed by atoms with Gasteiger partial charge in [-0.2, -0.15) is 23.5 Å². The Bertz CT molecular complexity index is 187. The first-order valence-corrected chi connectivity index (χ1v) is 8.26. The molecular weight excluding hydrogens is 212 g/mol. The minimum Gasteiger partial charge on any atom is -0.229 e. The number of sulfone groups is 1. The molecule has 2 nitrogen and oxygen atoms in total. The van der Waals surface area contributed by atoms with Crippen molar-refractivity contribution in [3.63, 3.8) is 0 Å². The highest BCUT2D eigenvalue weighted by molar-refractivity contribution is 8.01. The molecule has 0 aromatic carbocycles. The number of rotatable bonds is 7. The van der Waals surface area contributed by atoms with E-state index in [0.717, 1.165) is 17.3 Å². The zero-order chi connectivity index (χ0) is 9.45. The topological polar surface area (TPSA) is 34.1 Å². The van der Waals surface area contributed by atoms with Crippen molar-refractivity contribution < 1.29 is 8.42 Å². The highest BCUT2D eigenvalue weighted by atomic mass is 32.2. The fourth-order valence-electron chi connectivity index (χ4n) is 0.643. The molecule has 0 spiro atoms. The van der Waals surface area contributed by atoms with E-state index in [1.165, 1.54) is 0 Å². The van der Waals surface area contributed by atoms with Gasteiger partial charge in [0, 0.05) is 11.5 Å². The van der Waals surface area contributed by atoms with Crippen LogP contribution in [0.25, 0.3) is 0 Å². The van der Waals surface area contributed by atoms with Gasteiger partial charge in [-0.05, 0) is 12.0 Å². The van der Waals surface area contributed by atoms with Crippen molar-refractivity contribution in [1.82, 2.24) is 0 Å². The van der Waals surface area contributed by atoms with Gasteiger partial charge in [0.15, 0.2) is 9.84 Å². The van der Waals surface area contributed by atoms with Crippen LogP contribution in [0.3, 0.4) is 0 Å². The summed E-state index contributed by atoms with van der Waals surface area (Å²) in [5, 5.41) is 0. The third kappa shape index (κ3) is 7.31. The van der Waals surface area contributed by atoms with E-state index in [4.69, 9.17) is 0 Å². The minimum absolute atomic E-state index is 0.332. The lowest BCUT2D eigenvalue weighted by Gasteiger charge is -2.01. The second-order valence-electron chi connectivity index (χ2n) is 2.34. The largest absolute Gasteiger partial charge is 0.229 e. The molecule has 0 aliphatic carbocycles. The average Bonchev–Trinajstić information content (AvgIpc) is 2.01. The lowest BCUT2D eigenvalue weighted by Crippen LogP contribution is -2.14. The van der Waals surface area contributed by atoms with E-state index in [-0.39, 0.29) is 0 Å². The Labute approximate surface area is 83.8 Å². The van der Waals surface area contributed by atoms with Crippen LogP contribution in [0.5, 0.6) is 0 Å². The molecule has 0 rings (SSSR count). The molecule has 0 amide bonds. The molecule has 0 aliphatic heterocycles. The van der Waals surface area contributed by atoms with Crippen LogP contribution in [0.1, 0.15) is 6.92 Å². The Balaban J connectivity index is 3.58. The predicted molar refractivity (Wildman–Crippen MR) is 60.0 cm³/mol. The van der Waals surface area contributed by atoms with Gasteiger partial charge in [0.1, 0.15) is 0 Å². The van der Waals surface area contributed by atoms with Gasteiger partial charge in [-0.25, -0.2) is 8.42 Å². The first kappa shape index (κ1) is 12.7. The summed E-state index contributed by atoms with van der Waals surface area (Å²) in [6, 6.07) is 0. The lowest BCUT2D eigenvalue weighted by atomic mass is 10.9. The molecule has 0 aromatic rings. The van der Waals surface area contributed by atoms with Crippen LogP contribution in [0.15, 0.2) is 0 Å². The van der Waals surface area contributed by atoms with Gasteiger partial charge >= 0.3 is 0 Å². The molecule has 0 aromatic heterocycles. The molecule has 0 bridgehead atoms. The molecular formula is C7H16O2S3. The Hall–Kier alpha value is 0.650. The van der Waals surface area contributed by atoms with E-state index < -0.39 is 9.84 Å². The Morgan fingerprint density at radius 2 is 1.75 bits per heavy atom. The second kappa shape index (κ2) is 7.09. The number of hydrogen-bond acceptors (Lipinski definition) is 4. The highest BCUT2D eigenvalue weighted by Gasteiger charge is 2.08. The maximum absolute atomic E-state index is 11.2. The van der Waals surface area contributed by atoms with Gasteiger partial charge < -0.3 is 0 Å². The highest BCUT2D eigenvalue weighted by Crippen LogP contribution is 2.03. The van der Waals surface area contributed by atoms with Crippen molar-refractivity contribution in [1.29, 1.82) is 0 Å². The maximum atomic E-state index is 11.2. The van der Waals surface area contributed by atoms with Crippen molar-refractivity contribution in [2.45, 2.75) is 6.92 Å². The van der Waals surface area contributed by atoms with E-state index in [1.54, 1.807) is 23.5 Å². The summed E-state index contributed by atoms with van der Waals surface area (Å²) in [5.41, 5.74) is 0. The molecule has 0 saturated heterocycles. The summed E-state index contributed by atoms with van der Waals surface area (Å²) in [4.78, 5) is 0. The monoisotopic (exact) mass is 228 g/mol. The third-order valence-electron chi connectivity index (χ3n) is 1.34. The smallest absolute Gasteiger partial charge is 0.151 e. The number of hydrogen-bond donors (Lipinski definition) is 0. The van der Waals surface area contributed by atoms with Crippen LogP contribution >= 0.6 is 23.5 Å². The second-order valence-corrected chi connectivity index (χ2v) is 7.02. The van der Waals surface area contributed by atoms with E-state index in [9.17, 15) is 8.42 Å². The Morgan fingerprint density at radius 3 is 2.25 bits per heavy atom. The van der Waals surface area contributed by atoms with Crippen molar-refractivity contribution in [2.24, 2.45) is 0 Å². The number of thioether (sulfide) groups is 2. The summed E-state index contributed by atoms with van der Waals surface area (Å²) in [6.45, 7) is 2.04. The summed E-state index contributed by atoms with van der Waals surface area (Å²) in [7, 11) is -2.76. The van der Waals surface area contributed by atoms with Crippen molar-refractivity contribution in [3.8, 4) is 0 Å². The van der Waals surface area contributed by atoms with Crippen molar-refractivity contribution in [2.75, 3.05) is 35.0 Å². The van der Waals surface area contributed by atoms with Gasteiger partial charge in [0.2, 0.25) is 0 Å². The van der Waals surface area contributed by atoms with Gasteiger partial charge in [-0.3, -0.25) is 0 Å². The van der Waals surface area contributed by atoms with Crippen LogP contribution in [0.2, 0.25) is 0 Å². The summed E-state index contributed by atoms with van der Waals surface area (Å²) in [5.74, 6) is 3.13. The van der Waals surface area contributed by atoms with Gasteiger partial charge in [0.25, 0.3) is 0 Å². The Kier molecular flexibility index (Phi) is 7.48. The molecule has 0 saturated carbocycles. The molecule has 0 N–H and O–H groups in total. The standard InChI is InChI=1S/C7H16O2S3/c1-3-11-5-7-12(8,9)6-4-10-2/h3-7H2,1-2H3. The first-order chi connectivity index (χ1) is 5.62. The molecule has 0 atom stereocenters. The normalized spacial score (nSPS) is 11.8. The van der Waals surface area contributed by atoms with Crippen LogP contribution in [-0.2, 0) is 9.84 Å². The van der Waals surface area contributed by atoms with Crippen molar-refractivity contribution in [3.05, 3.63) is 0 Å². The van der Waals surface area contributed by atoms with Gasteiger partial charge in [-0.15, -0.1) is 0 Å². The van der Waals surface area contributed by atoms with Crippen molar-refractivity contribution >= 4 is 33.4 Å². The van der Waals surface area contributed by atoms with Crippen LogP contribution in [0.4, 0.5) is 0 Å². The lowest BCUT2D eigenvalue weighted by molar-refractivity contribution is 0.599. The third-order valence-corrected chi connectivity index (χ3v) is 5.02. The van der Waals surface area contributed by atoms with E-state index >= 15 is 0 Å². The fraction of sp³-hybridized carbons (Fsp3) is 1.00. The minimum atomic E-state index is -2.76. The summed E-state index contributed by atoms with van der Waals surface area (Å²) < 4.78 is 22.5. The predicted octanol–water partition coefficient (Wildman–Crippen LogP) is 1.52. The molecule has 0 heterocycles. The van der Waals surface area contributed by atoms with E-state index in [0.29, 0.717) is 11.5 Å². The molecule has 0 aliphatic rings. The zero-order valence-corrected chi connectivity index (χ0v) is 10.0. The van der Waals surface area contributed by atoms with Crippen LogP contribution < -0.4 is 0 Å². The molecule has 5 heteroatoms. The van der Waals surface area contributed by atoms with Gasteiger partial charge in [-0.1, -0.05) is 6.92 Å². The van der Waals surface area contributed by atoms with Gasteiger partial charge in [0.05, 0.1) is 11.5 Å². The summed E-state index contributed by atoms with van der Waals surface area (Å²) >= 11 is 3.26. The van der Waals surface area contributed by atoms with E-state index in [1.807, 2.05) is 13.2 Å². The average molecular weight is 228 g/mol. The van der Waals surface area contributed by atoms with E-state index in [2.05, 4.69) is 0 Å². The SMILES string of the molecule is CCSCCS(=O)(=O)CCSC. The Morgan fingerprint density at radius 1 is 1.17 bits per heavy atom. The van der Waals surface area contributed by atoms with Crippen LogP contribution in [-0.4, -0.2) is 43.4 Å². The van der Waals surface area contributed by atoms with Crippen LogP contribution in [0, 0.1) is 0 Å². The first-order valence-electron chi connectivity index (χ1n) is 3.89. The zero-order valence-electron chi connectivity index (χ0n) is 7.58. The molecule has 12 heavy (non-hydrogen) atoms. The molecule has 0 radical (unpaired) electrons. The molecule has 0 fully saturated rings. The quantitative estimate of drug-likeness (QED) is 0.619. The summed E-state index contributed by atoms with van der Waals surface area (Å²) in [6.07, 6.45) is 1.93. The maximum Gasteiger partial charge on any atom is 0.151 e.